The van der Waals surface area contributed by atoms with Gasteiger partial charge in [0.25, 0.3) is 0 Å². The van der Waals surface area contributed by atoms with E-state index < -0.39 is 0 Å². The zero-order valence-electron chi connectivity index (χ0n) is 14.9. The monoisotopic (exact) mass is 359 g/mol. The van der Waals surface area contributed by atoms with Crippen LogP contribution in [-0.2, 0) is 17.9 Å². The first-order valence-electron chi connectivity index (χ1n) is 8.98. The number of oxazole rings is 1. The zero-order chi connectivity index (χ0) is 17.4. The second-order valence-corrected chi connectivity index (χ2v) is 8.28. The number of hydrogen-bond donors (Lipinski definition) is 0. The van der Waals surface area contributed by atoms with Gasteiger partial charge in [-0.15, -0.1) is 0 Å². The minimum Gasteiger partial charge on any atom is -0.445 e. The van der Waals surface area contributed by atoms with Gasteiger partial charge in [-0.2, -0.15) is 11.3 Å². The van der Waals surface area contributed by atoms with Crippen LogP contribution in [0.2, 0.25) is 0 Å². The van der Waals surface area contributed by atoms with Crippen molar-refractivity contribution in [2.45, 2.75) is 52.2 Å². The lowest BCUT2D eigenvalue weighted by Crippen LogP contribution is -2.39. The van der Waals surface area contributed by atoms with Gasteiger partial charge in [-0.25, -0.2) is 4.98 Å². The average molecular weight is 359 g/mol. The number of aromatic nitrogens is 1. The summed E-state index contributed by atoms with van der Waals surface area (Å²) >= 11 is 1.70. The Labute approximate surface area is 152 Å². The van der Waals surface area contributed by atoms with Gasteiger partial charge >= 0.3 is 0 Å². The predicted octanol–water partition coefficient (Wildman–Crippen LogP) is 3.45. The third-order valence-electron chi connectivity index (χ3n) is 5.74. The summed E-state index contributed by atoms with van der Waals surface area (Å²) in [4.78, 5) is 21.0. The minimum absolute atomic E-state index is 0.200. The third-order valence-corrected chi connectivity index (χ3v) is 6.47. The van der Waals surface area contributed by atoms with Crippen molar-refractivity contribution in [3.8, 4) is 0 Å². The summed E-state index contributed by atoms with van der Waals surface area (Å²) in [7, 11) is 0. The van der Waals surface area contributed by atoms with Crippen molar-refractivity contribution in [2.24, 2.45) is 5.41 Å². The van der Waals surface area contributed by atoms with Gasteiger partial charge in [0.05, 0.1) is 12.7 Å². The van der Waals surface area contributed by atoms with E-state index in [-0.39, 0.29) is 5.91 Å². The molecule has 0 radical (unpaired) electrons. The Kier molecular flexibility index (Phi) is 4.41. The molecule has 0 N–H and O–H groups in total. The van der Waals surface area contributed by atoms with E-state index in [9.17, 15) is 4.79 Å². The fourth-order valence-electron chi connectivity index (χ4n) is 4.15. The van der Waals surface area contributed by atoms with E-state index in [0.717, 1.165) is 57.1 Å². The maximum Gasteiger partial charge on any atom is 0.220 e. The Balaban J connectivity index is 1.34. The zero-order valence-corrected chi connectivity index (χ0v) is 15.7. The maximum atomic E-state index is 12.2. The number of hydrogen-bond acceptors (Lipinski definition) is 5. The summed E-state index contributed by atoms with van der Waals surface area (Å²) in [5, 5.41) is 4.23. The fraction of sp³-hybridized carbons (Fsp3) is 0.579. The Bertz CT molecular complexity index is 732. The van der Waals surface area contributed by atoms with Crippen molar-refractivity contribution < 1.29 is 9.21 Å². The standard InChI is InChI=1S/C19H25N3O2S/c1-14-10-20-18(24-14)12-21-6-4-19(5-7-21)9-17(19)22(15(2)23)11-16-3-8-25-13-16/h3,8,10,13,17H,4-7,9,11-12H2,1-2H3. The molecule has 2 aromatic rings. The first-order chi connectivity index (χ1) is 12.1. The van der Waals surface area contributed by atoms with E-state index in [0.29, 0.717) is 11.5 Å². The lowest BCUT2D eigenvalue weighted by molar-refractivity contribution is -0.130. The number of nitrogens with zero attached hydrogens (tertiary/aromatic N) is 3. The summed E-state index contributed by atoms with van der Waals surface area (Å²) < 4.78 is 5.60. The molecule has 4 rings (SSSR count). The van der Waals surface area contributed by atoms with Crippen molar-refractivity contribution in [1.29, 1.82) is 0 Å². The molecular formula is C19H25N3O2S. The first kappa shape index (κ1) is 16.8. The molecule has 2 aromatic heterocycles. The topological polar surface area (TPSA) is 49.6 Å². The molecule has 1 saturated heterocycles. The van der Waals surface area contributed by atoms with Crippen LogP contribution in [0.3, 0.4) is 0 Å². The van der Waals surface area contributed by atoms with Crippen molar-refractivity contribution in [3.63, 3.8) is 0 Å². The summed E-state index contributed by atoms with van der Waals surface area (Å²) in [6, 6.07) is 2.53. The lowest BCUT2D eigenvalue weighted by atomic mass is 9.92. The molecule has 1 amide bonds. The number of likely N-dealkylation sites (tertiary alicyclic amines) is 1. The molecule has 25 heavy (non-hydrogen) atoms. The second kappa shape index (κ2) is 6.57. The van der Waals surface area contributed by atoms with E-state index in [4.69, 9.17) is 4.42 Å². The van der Waals surface area contributed by atoms with E-state index in [1.165, 1.54) is 5.56 Å². The van der Waals surface area contributed by atoms with Gasteiger partial charge in [0.15, 0.2) is 0 Å². The molecule has 134 valence electrons. The SMILES string of the molecule is CC(=O)N(Cc1ccsc1)C1CC12CCN(Cc1ncc(C)o1)CC2. The van der Waals surface area contributed by atoms with Gasteiger partial charge in [0.1, 0.15) is 5.76 Å². The average Bonchev–Trinajstić information content (AvgIpc) is 2.94. The van der Waals surface area contributed by atoms with Gasteiger partial charge in [0.2, 0.25) is 11.8 Å². The van der Waals surface area contributed by atoms with Crippen LogP contribution in [0.1, 0.15) is 43.4 Å². The quantitative estimate of drug-likeness (QED) is 0.820. The van der Waals surface area contributed by atoms with E-state index >= 15 is 0 Å². The van der Waals surface area contributed by atoms with Crippen molar-refractivity contribution >= 4 is 17.2 Å². The number of aryl methyl sites for hydroxylation is 1. The Morgan fingerprint density at radius 1 is 1.48 bits per heavy atom. The molecule has 2 fully saturated rings. The molecule has 1 aliphatic carbocycles. The van der Waals surface area contributed by atoms with Crippen molar-refractivity contribution in [2.75, 3.05) is 13.1 Å². The molecule has 5 nitrogen and oxygen atoms in total. The predicted molar refractivity (Wildman–Crippen MR) is 97.1 cm³/mol. The normalized spacial score (nSPS) is 22.2. The molecule has 3 heterocycles. The highest BCUT2D eigenvalue weighted by Crippen LogP contribution is 2.57. The Morgan fingerprint density at radius 2 is 2.28 bits per heavy atom. The first-order valence-corrected chi connectivity index (χ1v) is 9.92. The van der Waals surface area contributed by atoms with Crippen LogP contribution in [-0.4, -0.2) is 39.8 Å². The summed E-state index contributed by atoms with van der Waals surface area (Å²) in [6.07, 6.45) is 5.26. The lowest BCUT2D eigenvalue weighted by Gasteiger charge is -2.34. The van der Waals surface area contributed by atoms with Crippen molar-refractivity contribution in [3.05, 3.63) is 40.2 Å². The molecule has 0 aromatic carbocycles. The smallest absolute Gasteiger partial charge is 0.220 e. The molecular weight excluding hydrogens is 334 g/mol. The molecule has 1 aliphatic heterocycles. The maximum absolute atomic E-state index is 12.2. The van der Waals surface area contributed by atoms with Crippen LogP contribution in [0.15, 0.2) is 27.4 Å². The molecule has 0 bridgehead atoms. The van der Waals surface area contributed by atoms with Crippen molar-refractivity contribution in [1.82, 2.24) is 14.8 Å². The molecule has 1 unspecified atom stereocenters. The van der Waals surface area contributed by atoms with Gasteiger partial charge in [-0.05, 0) is 67.1 Å². The summed E-state index contributed by atoms with van der Waals surface area (Å²) in [5.74, 6) is 1.88. The highest BCUT2D eigenvalue weighted by molar-refractivity contribution is 7.07. The van der Waals surface area contributed by atoms with Gasteiger partial charge in [-0.3, -0.25) is 9.69 Å². The number of thiophene rings is 1. The largest absolute Gasteiger partial charge is 0.445 e. The number of carbonyl (C=O) groups is 1. The Morgan fingerprint density at radius 3 is 2.88 bits per heavy atom. The number of carbonyl (C=O) groups excluding carboxylic acids is 1. The van der Waals surface area contributed by atoms with Crippen LogP contribution >= 0.6 is 11.3 Å². The van der Waals surface area contributed by atoms with Crippen LogP contribution in [0, 0.1) is 12.3 Å². The third kappa shape index (κ3) is 3.51. The van der Waals surface area contributed by atoms with Gasteiger partial charge in [0, 0.05) is 19.5 Å². The molecule has 1 saturated carbocycles. The fourth-order valence-corrected chi connectivity index (χ4v) is 4.81. The molecule has 2 aliphatic rings. The highest BCUT2D eigenvalue weighted by Gasteiger charge is 2.58. The van der Waals surface area contributed by atoms with E-state index in [1.807, 2.05) is 6.92 Å². The van der Waals surface area contributed by atoms with Crippen LogP contribution in [0.5, 0.6) is 0 Å². The second-order valence-electron chi connectivity index (χ2n) is 7.50. The summed E-state index contributed by atoms with van der Waals surface area (Å²) in [5.41, 5.74) is 1.59. The molecule has 6 heteroatoms. The molecule has 1 atom stereocenters. The summed E-state index contributed by atoms with van der Waals surface area (Å²) in [6.45, 7) is 7.30. The van der Waals surface area contributed by atoms with Crippen LogP contribution < -0.4 is 0 Å². The number of piperidine rings is 1. The molecule has 1 spiro atoms. The van der Waals surface area contributed by atoms with Crippen LogP contribution in [0.25, 0.3) is 0 Å². The van der Waals surface area contributed by atoms with E-state index in [2.05, 4.69) is 31.6 Å². The van der Waals surface area contributed by atoms with Gasteiger partial charge < -0.3 is 9.32 Å². The minimum atomic E-state index is 0.200. The number of rotatable bonds is 5. The number of amides is 1. The van der Waals surface area contributed by atoms with Crippen LogP contribution in [0.4, 0.5) is 0 Å². The van der Waals surface area contributed by atoms with Gasteiger partial charge in [-0.1, -0.05) is 0 Å². The Hall–Kier alpha value is -1.66. The highest BCUT2D eigenvalue weighted by atomic mass is 32.1. The van der Waals surface area contributed by atoms with E-state index in [1.54, 1.807) is 24.5 Å².